The maximum absolute atomic E-state index is 12.6. The predicted octanol–water partition coefficient (Wildman–Crippen LogP) is 5.25. The van der Waals surface area contributed by atoms with Crippen LogP contribution in [0.3, 0.4) is 0 Å². The number of carbonyl (C=O) groups excluding carboxylic acids is 2. The van der Waals surface area contributed by atoms with Gasteiger partial charge in [0, 0.05) is 36.7 Å². The minimum Gasteiger partial charge on any atom is -0.465 e. The minimum atomic E-state index is -3.97. The number of hydrogen-bond donors (Lipinski definition) is 4. The molecule has 12 nitrogen and oxygen atoms in total. The lowest BCUT2D eigenvalue weighted by molar-refractivity contribution is -0.161. The van der Waals surface area contributed by atoms with E-state index in [-0.39, 0.29) is 10.7 Å². The average molecular weight is 625 g/mol. The van der Waals surface area contributed by atoms with Gasteiger partial charge in [0.25, 0.3) is 0 Å². The Hall–Kier alpha value is -4.75. The third-order valence-corrected chi connectivity index (χ3v) is 7.60. The summed E-state index contributed by atoms with van der Waals surface area (Å²) < 4.78 is 33.8. The lowest BCUT2D eigenvalue weighted by Gasteiger charge is -2.30. The van der Waals surface area contributed by atoms with Crippen LogP contribution in [-0.2, 0) is 30.7 Å². The molecule has 0 aromatic heterocycles. The maximum Gasteiger partial charge on any atom is 0.415 e. The lowest BCUT2D eigenvalue weighted by atomic mass is 9.97. The highest BCUT2D eigenvalue weighted by atomic mass is 32.2. The highest BCUT2D eigenvalue weighted by Gasteiger charge is 2.26. The summed E-state index contributed by atoms with van der Waals surface area (Å²) in [6.45, 7) is 4.55. The Kier molecular flexibility index (Phi) is 11.6. The zero-order valence-electron chi connectivity index (χ0n) is 24.6. The SMILES string of the molecule is CCCCC(Cc1cccc(C(=N)NC(=O)OC(C)OC(C)=O)c1)N(C(=O)O)c1ccc(-c2ccccc2S(N)(=O)=O)cc1. The molecule has 3 rings (SSSR count). The number of alkyl carbamates (subject to hydrolysis) is 1. The fraction of sp³-hybridized carbons (Fsp3) is 0.290. The molecule has 13 heteroatoms. The lowest BCUT2D eigenvalue weighted by Crippen LogP contribution is -2.41. The number of amides is 2. The first-order valence-electron chi connectivity index (χ1n) is 13.9. The van der Waals surface area contributed by atoms with E-state index in [1.165, 1.54) is 24.8 Å². The smallest absolute Gasteiger partial charge is 0.415 e. The second-order valence-electron chi connectivity index (χ2n) is 10.0. The van der Waals surface area contributed by atoms with Gasteiger partial charge in [0.2, 0.25) is 16.3 Å². The van der Waals surface area contributed by atoms with Crippen molar-refractivity contribution in [3.05, 3.63) is 83.9 Å². The molecule has 2 amide bonds. The number of amidine groups is 1. The number of nitrogens with zero attached hydrogens (tertiary/aromatic N) is 1. The van der Waals surface area contributed by atoms with Gasteiger partial charge in [0.1, 0.15) is 5.84 Å². The zero-order valence-corrected chi connectivity index (χ0v) is 25.5. The van der Waals surface area contributed by atoms with Gasteiger partial charge in [0.15, 0.2) is 0 Å². The Balaban J connectivity index is 1.84. The van der Waals surface area contributed by atoms with E-state index < -0.39 is 40.5 Å². The van der Waals surface area contributed by atoms with Crippen LogP contribution in [0.15, 0.2) is 77.7 Å². The van der Waals surface area contributed by atoms with E-state index in [2.05, 4.69) is 5.32 Å². The molecule has 0 aliphatic carbocycles. The summed E-state index contributed by atoms with van der Waals surface area (Å²) in [4.78, 5) is 37.0. The van der Waals surface area contributed by atoms with E-state index in [4.69, 9.17) is 20.0 Å². The van der Waals surface area contributed by atoms with Gasteiger partial charge in [-0.05, 0) is 48.2 Å². The number of carboxylic acid groups (broad SMARTS) is 1. The molecule has 2 unspecified atom stereocenters. The van der Waals surface area contributed by atoms with E-state index >= 15 is 0 Å². The molecule has 0 heterocycles. The topological polar surface area (TPSA) is 189 Å². The molecule has 0 spiro atoms. The van der Waals surface area contributed by atoms with Gasteiger partial charge in [0.05, 0.1) is 4.90 Å². The van der Waals surface area contributed by atoms with Crippen molar-refractivity contribution in [3.63, 3.8) is 0 Å². The Morgan fingerprint density at radius 1 is 1.02 bits per heavy atom. The van der Waals surface area contributed by atoms with Gasteiger partial charge in [-0.2, -0.15) is 0 Å². The maximum atomic E-state index is 12.6. The first-order valence-corrected chi connectivity index (χ1v) is 15.4. The summed E-state index contributed by atoms with van der Waals surface area (Å²) in [5, 5.41) is 26.3. The highest BCUT2D eigenvalue weighted by molar-refractivity contribution is 7.89. The van der Waals surface area contributed by atoms with Gasteiger partial charge in [-0.1, -0.05) is 68.3 Å². The summed E-state index contributed by atoms with van der Waals surface area (Å²) in [5.41, 5.74) is 2.48. The predicted molar refractivity (Wildman–Crippen MR) is 165 cm³/mol. The third-order valence-electron chi connectivity index (χ3n) is 6.63. The normalized spacial score (nSPS) is 12.5. The highest BCUT2D eigenvalue weighted by Crippen LogP contribution is 2.30. The standard InChI is InChI=1S/C31H36N4O8S/c1-4-5-11-26(19-22-9-8-10-24(18-22)29(32)34-30(37)43-21(3)42-20(2)36)35(31(38)39)25-16-14-23(15-17-25)27-12-6-7-13-28(27)44(33,40)41/h6-10,12-18,21,26H,4-5,11,19H2,1-3H3,(H,38,39)(H2,32,34,37)(H2,33,40,41). The van der Waals surface area contributed by atoms with Crippen LogP contribution in [-0.4, -0.2) is 49.8 Å². The van der Waals surface area contributed by atoms with Crippen molar-refractivity contribution < 1.29 is 37.4 Å². The molecule has 234 valence electrons. The quantitative estimate of drug-likeness (QED) is 0.0909. The molecular weight excluding hydrogens is 588 g/mol. The monoisotopic (exact) mass is 624 g/mol. The molecule has 0 fully saturated rings. The molecule has 0 aliphatic rings. The number of hydrogen-bond acceptors (Lipinski definition) is 8. The molecule has 2 atom stereocenters. The van der Waals surface area contributed by atoms with E-state index in [9.17, 15) is 27.9 Å². The Morgan fingerprint density at radius 2 is 1.70 bits per heavy atom. The van der Waals surface area contributed by atoms with Crippen molar-refractivity contribution >= 4 is 39.7 Å². The van der Waals surface area contributed by atoms with E-state index in [1.807, 2.05) is 13.0 Å². The molecule has 5 N–H and O–H groups in total. The number of nitrogens with two attached hydrogens (primary N) is 1. The number of rotatable bonds is 12. The third kappa shape index (κ3) is 9.38. The van der Waals surface area contributed by atoms with Crippen LogP contribution in [0.25, 0.3) is 11.1 Å². The van der Waals surface area contributed by atoms with Crippen LogP contribution in [0.4, 0.5) is 15.3 Å². The van der Waals surface area contributed by atoms with Crippen molar-refractivity contribution in [2.24, 2.45) is 5.14 Å². The first kappa shape index (κ1) is 33.7. The zero-order chi connectivity index (χ0) is 32.4. The van der Waals surface area contributed by atoms with Crippen molar-refractivity contribution in [3.8, 4) is 11.1 Å². The van der Waals surface area contributed by atoms with Crippen LogP contribution in [0.2, 0.25) is 0 Å². The number of ether oxygens (including phenoxy) is 2. The van der Waals surface area contributed by atoms with Crippen molar-refractivity contribution in [1.82, 2.24) is 5.32 Å². The summed E-state index contributed by atoms with van der Waals surface area (Å²) in [7, 11) is -3.97. The van der Waals surface area contributed by atoms with Gasteiger partial charge >= 0.3 is 18.2 Å². The molecule has 0 saturated heterocycles. The molecule has 0 saturated carbocycles. The van der Waals surface area contributed by atoms with Crippen molar-refractivity contribution in [1.29, 1.82) is 5.41 Å². The van der Waals surface area contributed by atoms with Crippen LogP contribution >= 0.6 is 0 Å². The van der Waals surface area contributed by atoms with Gasteiger partial charge in [-0.15, -0.1) is 0 Å². The fourth-order valence-electron chi connectivity index (χ4n) is 4.73. The van der Waals surface area contributed by atoms with Gasteiger partial charge in [-0.25, -0.2) is 23.1 Å². The van der Waals surface area contributed by atoms with Gasteiger partial charge in [-0.3, -0.25) is 20.4 Å². The number of sulfonamides is 1. The Morgan fingerprint density at radius 3 is 2.32 bits per heavy atom. The van der Waals surface area contributed by atoms with E-state index in [1.54, 1.807) is 60.7 Å². The summed E-state index contributed by atoms with van der Waals surface area (Å²) >= 11 is 0. The Bertz CT molecular complexity index is 1610. The van der Waals surface area contributed by atoms with Crippen LogP contribution < -0.4 is 15.4 Å². The molecule has 0 aliphatic heterocycles. The molecule has 0 bridgehead atoms. The number of benzene rings is 3. The molecule has 0 radical (unpaired) electrons. The number of esters is 1. The van der Waals surface area contributed by atoms with Crippen molar-refractivity contribution in [2.75, 3.05) is 4.90 Å². The first-order chi connectivity index (χ1) is 20.8. The second-order valence-corrected chi connectivity index (χ2v) is 11.6. The summed E-state index contributed by atoms with van der Waals surface area (Å²) in [6.07, 6.45) is -0.782. The average Bonchev–Trinajstić information content (AvgIpc) is 2.95. The molecule has 44 heavy (non-hydrogen) atoms. The second kappa shape index (κ2) is 15.1. The largest absolute Gasteiger partial charge is 0.465 e. The Labute approximate surface area is 256 Å². The number of carbonyl (C=O) groups is 3. The van der Waals surface area contributed by atoms with E-state index in [0.717, 1.165) is 18.4 Å². The number of nitrogens with one attached hydrogen (secondary N) is 2. The van der Waals surface area contributed by atoms with Crippen LogP contribution in [0, 0.1) is 5.41 Å². The molecular formula is C31H36N4O8S. The van der Waals surface area contributed by atoms with Gasteiger partial charge < -0.3 is 14.6 Å². The number of anilines is 1. The summed E-state index contributed by atoms with van der Waals surface area (Å²) in [5.74, 6) is -0.869. The molecule has 3 aromatic carbocycles. The van der Waals surface area contributed by atoms with Crippen LogP contribution in [0.5, 0.6) is 0 Å². The van der Waals surface area contributed by atoms with E-state index in [0.29, 0.717) is 35.2 Å². The van der Waals surface area contributed by atoms with Crippen LogP contribution in [0.1, 0.15) is 51.2 Å². The molecule has 3 aromatic rings. The van der Waals surface area contributed by atoms with Crippen molar-refractivity contribution in [2.45, 2.75) is 63.7 Å². The fourth-order valence-corrected chi connectivity index (χ4v) is 5.49. The number of unbranched alkanes of at least 4 members (excludes halogenated alkanes) is 1. The summed E-state index contributed by atoms with van der Waals surface area (Å²) in [6, 6.07) is 19.2. The minimum absolute atomic E-state index is 0.0317. The number of primary sulfonamides is 1.